The van der Waals surface area contributed by atoms with E-state index in [1.165, 1.54) is 0 Å². The molecule has 1 aliphatic rings. The lowest BCUT2D eigenvalue weighted by Crippen LogP contribution is -2.46. The van der Waals surface area contributed by atoms with Gasteiger partial charge in [-0.05, 0) is 47.0 Å². The molecule has 0 amide bonds. The quantitative estimate of drug-likeness (QED) is 0.142. The van der Waals surface area contributed by atoms with Crippen LogP contribution >= 0.6 is 0 Å². The lowest BCUT2D eigenvalue weighted by molar-refractivity contribution is 0.0546. The van der Waals surface area contributed by atoms with Crippen molar-refractivity contribution in [1.82, 2.24) is 14.6 Å². The summed E-state index contributed by atoms with van der Waals surface area (Å²) in [5.41, 5.74) is 4.37. The Labute approximate surface area is 261 Å². The largest absolute Gasteiger partial charge is 0.486 e. The number of benzene rings is 3. The maximum Gasteiger partial charge on any atom is 0.192 e. The summed E-state index contributed by atoms with van der Waals surface area (Å²) in [6.45, 7) is 17.8. The van der Waals surface area contributed by atoms with E-state index in [0.717, 1.165) is 39.5 Å². The summed E-state index contributed by atoms with van der Waals surface area (Å²) < 4.78 is 15.4. The second kappa shape index (κ2) is 11.4. The molecule has 3 aromatic carbocycles. The molecule has 226 valence electrons. The van der Waals surface area contributed by atoms with Crippen LogP contribution in [0.15, 0.2) is 122 Å². The summed E-state index contributed by atoms with van der Waals surface area (Å²) in [5.74, 6) is 1.52. The standard InChI is InChI=1S/C37H42N4O2Si/c1-26-27(2)42-34(33(26)43-44(6,7)36(3,4)5)31-23-24-32-35(38-25-39-41(31)32)40-37(28-17-11-8-12-18-28,29-19-13-9-14-20-29)30-21-15-10-16-22-30/h8-26,33-34H,2H2,1,3-7H3,(H,38,39,40)/t26-,33-,34+/m1/s1. The fraction of sp³-hybridized carbons (Fsp3) is 0.297. The molecule has 2 aromatic heterocycles. The van der Waals surface area contributed by atoms with Crippen molar-refractivity contribution in [2.45, 2.75) is 63.6 Å². The third-order valence-corrected chi connectivity index (χ3v) is 14.0. The molecule has 0 unspecified atom stereocenters. The molecule has 6 nitrogen and oxygen atoms in total. The van der Waals surface area contributed by atoms with Crippen molar-refractivity contribution in [3.05, 3.63) is 144 Å². The van der Waals surface area contributed by atoms with Gasteiger partial charge in [-0.25, -0.2) is 9.50 Å². The minimum atomic E-state index is -2.09. The highest BCUT2D eigenvalue weighted by atomic mass is 28.4. The average Bonchev–Trinajstić information content (AvgIpc) is 3.57. The van der Waals surface area contributed by atoms with Gasteiger partial charge in [-0.3, -0.25) is 0 Å². The SMILES string of the molecule is C=C1O[C@@H](c2ccc3c(NC(c4ccccc4)(c4ccccc4)c4ccccc4)ncnn23)[C@H](O[Si](C)(C)C(C)(C)C)[C@@H]1C. The van der Waals surface area contributed by atoms with Gasteiger partial charge in [0.2, 0.25) is 0 Å². The molecule has 3 heterocycles. The number of rotatable bonds is 8. The highest BCUT2D eigenvalue weighted by Crippen LogP contribution is 2.47. The van der Waals surface area contributed by atoms with Gasteiger partial charge in [-0.2, -0.15) is 5.10 Å². The summed E-state index contributed by atoms with van der Waals surface area (Å²) in [7, 11) is -2.09. The van der Waals surface area contributed by atoms with E-state index in [4.69, 9.17) is 19.2 Å². The fourth-order valence-corrected chi connectivity index (χ4v) is 7.28. The number of hydrogen-bond donors (Lipinski definition) is 1. The van der Waals surface area contributed by atoms with Gasteiger partial charge in [-0.1, -0.05) is 125 Å². The van der Waals surface area contributed by atoms with Gasteiger partial charge in [0.05, 0.1) is 17.6 Å². The molecule has 7 heteroatoms. The Morgan fingerprint density at radius 2 is 1.34 bits per heavy atom. The first-order valence-corrected chi connectivity index (χ1v) is 18.2. The van der Waals surface area contributed by atoms with Gasteiger partial charge in [0.25, 0.3) is 0 Å². The number of hydrogen-bond acceptors (Lipinski definition) is 5. The Balaban J connectivity index is 1.48. The molecule has 0 radical (unpaired) electrons. The summed E-state index contributed by atoms with van der Waals surface area (Å²) in [6, 6.07) is 35.8. The topological polar surface area (TPSA) is 60.7 Å². The molecule has 6 rings (SSSR count). The first kappa shape index (κ1) is 29.9. The molecular weight excluding hydrogens is 561 g/mol. The van der Waals surface area contributed by atoms with Gasteiger partial charge in [0, 0.05) is 5.92 Å². The Hall–Kier alpha value is -4.20. The van der Waals surface area contributed by atoms with E-state index in [1.807, 2.05) is 22.7 Å². The second-order valence-corrected chi connectivity index (χ2v) is 18.0. The smallest absolute Gasteiger partial charge is 0.192 e. The highest BCUT2D eigenvalue weighted by molar-refractivity contribution is 6.74. The third-order valence-electron chi connectivity index (χ3n) is 9.51. The van der Waals surface area contributed by atoms with Crippen LogP contribution in [-0.4, -0.2) is 29.0 Å². The predicted molar refractivity (Wildman–Crippen MR) is 180 cm³/mol. The van der Waals surface area contributed by atoms with E-state index >= 15 is 0 Å². The van der Waals surface area contributed by atoms with E-state index in [-0.39, 0.29) is 23.2 Å². The molecule has 0 bridgehead atoms. The van der Waals surface area contributed by atoms with Gasteiger partial charge in [-0.15, -0.1) is 0 Å². The molecule has 1 aliphatic heterocycles. The molecule has 1 fully saturated rings. The highest BCUT2D eigenvalue weighted by Gasteiger charge is 2.48. The normalized spacial score (nSPS) is 19.2. The molecule has 5 aromatic rings. The maximum absolute atomic E-state index is 7.00. The maximum atomic E-state index is 7.00. The summed E-state index contributed by atoms with van der Waals surface area (Å²) in [5, 5.41) is 8.72. The monoisotopic (exact) mass is 602 g/mol. The van der Waals surface area contributed by atoms with Crippen LogP contribution in [0.25, 0.3) is 5.52 Å². The van der Waals surface area contributed by atoms with E-state index in [2.05, 4.69) is 138 Å². The molecule has 0 aliphatic carbocycles. The molecule has 0 saturated carbocycles. The minimum Gasteiger partial charge on any atom is -0.486 e. The van der Waals surface area contributed by atoms with Crippen molar-refractivity contribution in [1.29, 1.82) is 0 Å². The van der Waals surface area contributed by atoms with Crippen molar-refractivity contribution in [2.75, 3.05) is 5.32 Å². The minimum absolute atomic E-state index is 0.0565. The van der Waals surface area contributed by atoms with Crippen LogP contribution in [0.5, 0.6) is 0 Å². The van der Waals surface area contributed by atoms with Crippen molar-refractivity contribution in [2.24, 2.45) is 5.92 Å². The molecule has 1 saturated heterocycles. The number of nitrogens with one attached hydrogen (secondary N) is 1. The molecular formula is C37H42N4O2Si. The first-order valence-electron chi connectivity index (χ1n) is 15.3. The second-order valence-electron chi connectivity index (χ2n) is 13.3. The van der Waals surface area contributed by atoms with Gasteiger partial charge >= 0.3 is 0 Å². The Morgan fingerprint density at radius 3 is 1.84 bits per heavy atom. The Bertz CT molecular complexity index is 1650. The Kier molecular flexibility index (Phi) is 7.72. The summed E-state index contributed by atoms with van der Waals surface area (Å²) in [6.07, 6.45) is 1.12. The lowest BCUT2D eigenvalue weighted by atomic mass is 9.77. The number of aromatic nitrogens is 3. The fourth-order valence-electron chi connectivity index (χ4n) is 5.92. The number of anilines is 1. The van der Waals surface area contributed by atoms with Crippen LogP contribution in [0, 0.1) is 5.92 Å². The van der Waals surface area contributed by atoms with Crippen LogP contribution in [0.4, 0.5) is 5.82 Å². The number of fused-ring (bicyclic) bond motifs is 1. The molecule has 3 atom stereocenters. The average molecular weight is 603 g/mol. The van der Waals surface area contributed by atoms with Crippen LogP contribution < -0.4 is 5.32 Å². The van der Waals surface area contributed by atoms with Gasteiger partial charge < -0.3 is 14.5 Å². The zero-order chi connectivity index (χ0) is 31.1. The summed E-state index contributed by atoms with van der Waals surface area (Å²) in [4.78, 5) is 4.82. The van der Waals surface area contributed by atoms with E-state index in [9.17, 15) is 0 Å². The lowest BCUT2D eigenvalue weighted by Gasteiger charge is -2.40. The van der Waals surface area contributed by atoms with Crippen LogP contribution in [0.1, 0.15) is 56.2 Å². The Morgan fingerprint density at radius 1 is 0.818 bits per heavy atom. The van der Waals surface area contributed by atoms with E-state index in [1.54, 1.807) is 6.33 Å². The zero-order valence-corrected chi connectivity index (χ0v) is 27.5. The third kappa shape index (κ3) is 5.14. The van der Waals surface area contributed by atoms with Crippen molar-refractivity contribution in [3.8, 4) is 0 Å². The number of nitrogens with zero attached hydrogens (tertiary/aromatic N) is 3. The van der Waals surface area contributed by atoms with Gasteiger partial charge in [0.15, 0.2) is 20.2 Å². The van der Waals surface area contributed by atoms with Crippen LogP contribution in [0.2, 0.25) is 18.1 Å². The predicted octanol–water partition coefficient (Wildman–Crippen LogP) is 8.74. The van der Waals surface area contributed by atoms with Crippen LogP contribution in [0.3, 0.4) is 0 Å². The molecule has 44 heavy (non-hydrogen) atoms. The van der Waals surface area contributed by atoms with E-state index < -0.39 is 13.9 Å². The zero-order valence-electron chi connectivity index (χ0n) is 26.5. The first-order chi connectivity index (χ1) is 21.0. The van der Waals surface area contributed by atoms with Gasteiger partial charge in [0.1, 0.15) is 17.4 Å². The van der Waals surface area contributed by atoms with Crippen molar-refractivity contribution in [3.63, 3.8) is 0 Å². The number of ether oxygens (including phenoxy) is 1. The molecule has 1 N–H and O–H groups in total. The van der Waals surface area contributed by atoms with Crippen molar-refractivity contribution >= 4 is 19.7 Å². The van der Waals surface area contributed by atoms with Crippen molar-refractivity contribution < 1.29 is 9.16 Å². The van der Waals surface area contributed by atoms with Crippen LogP contribution in [-0.2, 0) is 14.7 Å². The molecule has 0 spiro atoms. The summed E-state index contributed by atoms with van der Waals surface area (Å²) >= 11 is 0. The van der Waals surface area contributed by atoms with E-state index in [0.29, 0.717) is 0 Å².